The molecule has 0 spiro atoms. The SMILES string of the molecule is CCNC(=O)CN(c1ccc(C)cc1)S(=O)(=O)c1cccc(F)c1. The van der Waals surface area contributed by atoms with Gasteiger partial charge in [-0.05, 0) is 44.2 Å². The van der Waals surface area contributed by atoms with E-state index < -0.39 is 21.7 Å². The third kappa shape index (κ3) is 4.11. The number of sulfonamides is 1. The van der Waals surface area contributed by atoms with Crippen molar-refractivity contribution in [1.29, 1.82) is 0 Å². The van der Waals surface area contributed by atoms with Crippen molar-refractivity contribution in [3.05, 3.63) is 59.9 Å². The van der Waals surface area contributed by atoms with Crippen LogP contribution in [-0.2, 0) is 14.8 Å². The van der Waals surface area contributed by atoms with Gasteiger partial charge in [0.05, 0.1) is 10.6 Å². The lowest BCUT2D eigenvalue weighted by molar-refractivity contribution is -0.119. The van der Waals surface area contributed by atoms with Gasteiger partial charge in [0.25, 0.3) is 10.0 Å². The Morgan fingerprint density at radius 3 is 2.42 bits per heavy atom. The summed E-state index contributed by atoms with van der Waals surface area (Å²) in [7, 11) is -4.07. The second kappa shape index (κ2) is 7.44. The average Bonchev–Trinajstić information content (AvgIpc) is 2.54. The molecule has 0 aliphatic rings. The van der Waals surface area contributed by atoms with Crippen molar-refractivity contribution >= 4 is 21.6 Å². The van der Waals surface area contributed by atoms with E-state index in [1.165, 1.54) is 18.2 Å². The fourth-order valence-corrected chi connectivity index (χ4v) is 3.62. The van der Waals surface area contributed by atoms with Gasteiger partial charge in [-0.3, -0.25) is 9.10 Å². The lowest BCUT2D eigenvalue weighted by Crippen LogP contribution is -2.40. The number of amides is 1. The number of hydrogen-bond donors (Lipinski definition) is 1. The number of likely N-dealkylation sites (N-methyl/N-ethyl adjacent to an activating group) is 1. The number of benzene rings is 2. The van der Waals surface area contributed by atoms with Crippen LogP contribution < -0.4 is 9.62 Å². The minimum Gasteiger partial charge on any atom is -0.355 e. The molecule has 0 bridgehead atoms. The van der Waals surface area contributed by atoms with Crippen LogP contribution in [-0.4, -0.2) is 27.4 Å². The maximum Gasteiger partial charge on any atom is 0.264 e. The minimum absolute atomic E-state index is 0.202. The number of rotatable bonds is 6. The van der Waals surface area contributed by atoms with Crippen molar-refractivity contribution in [2.45, 2.75) is 18.7 Å². The summed E-state index contributed by atoms with van der Waals surface area (Å²) in [6.07, 6.45) is 0. The van der Waals surface area contributed by atoms with Crippen LogP contribution in [0.5, 0.6) is 0 Å². The fourth-order valence-electron chi connectivity index (χ4n) is 2.16. The number of carbonyl (C=O) groups excluding carboxylic acids is 1. The number of nitrogens with one attached hydrogen (secondary N) is 1. The minimum atomic E-state index is -4.07. The quantitative estimate of drug-likeness (QED) is 0.870. The molecule has 0 fully saturated rings. The molecule has 0 atom stereocenters. The molecule has 0 aliphatic carbocycles. The Balaban J connectivity index is 2.48. The zero-order valence-corrected chi connectivity index (χ0v) is 14.3. The Kier molecular flexibility index (Phi) is 5.56. The molecular weight excluding hydrogens is 331 g/mol. The summed E-state index contributed by atoms with van der Waals surface area (Å²) < 4.78 is 40.2. The van der Waals surface area contributed by atoms with E-state index in [1.807, 2.05) is 6.92 Å². The maximum absolute atomic E-state index is 13.4. The summed E-state index contributed by atoms with van der Waals surface area (Å²) in [6.45, 7) is 3.63. The Morgan fingerprint density at radius 2 is 1.83 bits per heavy atom. The molecule has 2 aromatic carbocycles. The van der Waals surface area contributed by atoms with E-state index >= 15 is 0 Å². The monoisotopic (exact) mass is 350 g/mol. The largest absolute Gasteiger partial charge is 0.355 e. The third-order valence-corrected chi connectivity index (χ3v) is 5.14. The molecular formula is C17H19FN2O3S. The van der Waals surface area contributed by atoms with Crippen LogP contribution in [0.1, 0.15) is 12.5 Å². The number of hydrogen-bond acceptors (Lipinski definition) is 3. The van der Waals surface area contributed by atoms with Crippen LogP contribution in [0, 0.1) is 12.7 Å². The van der Waals surface area contributed by atoms with Crippen molar-refractivity contribution in [3.63, 3.8) is 0 Å². The van der Waals surface area contributed by atoms with Crippen LogP contribution in [0.4, 0.5) is 10.1 Å². The summed E-state index contributed by atoms with van der Waals surface area (Å²) in [5.74, 6) is -1.09. The van der Waals surface area contributed by atoms with Crippen LogP contribution in [0.2, 0.25) is 0 Å². The van der Waals surface area contributed by atoms with E-state index in [9.17, 15) is 17.6 Å². The Morgan fingerprint density at radius 1 is 1.17 bits per heavy atom. The van der Waals surface area contributed by atoms with Crippen molar-refractivity contribution < 1.29 is 17.6 Å². The highest BCUT2D eigenvalue weighted by atomic mass is 32.2. The van der Waals surface area contributed by atoms with Crippen LogP contribution in [0.25, 0.3) is 0 Å². The first-order valence-corrected chi connectivity index (χ1v) is 8.90. The van der Waals surface area contributed by atoms with Crippen molar-refractivity contribution in [2.24, 2.45) is 0 Å². The molecule has 0 radical (unpaired) electrons. The van der Waals surface area contributed by atoms with Crippen molar-refractivity contribution in [2.75, 3.05) is 17.4 Å². The summed E-state index contributed by atoms with van der Waals surface area (Å²) in [5.41, 5.74) is 1.30. The molecule has 0 aliphatic heterocycles. The topological polar surface area (TPSA) is 66.5 Å². The normalized spacial score (nSPS) is 11.1. The molecule has 1 N–H and O–H groups in total. The number of aryl methyl sites for hydroxylation is 1. The number of halogens is 1. The van der Waals surface area contributed by atoms with Crippen LogP contribution in [0.15, 0.2) is 53.4 Å². The molecule has 24 heavy (non-hydrogen) atoms. The first-order chi connectivity index (χ1) is 11.3. The van der Waals surface area contributed by atoms with Crippen molar-refractivity contribution in [1.82, 2.24) is 5.32 Å². The van der Waals surface area contributed by atoms with Crippen LogP contribution >= 0.6 is 0 Å². The van der Waals surface area contributed by atoms with Gasteiger partial charge in [0.1, 0.15) is 12.4 Å². The Labute approximate surface area is 141 Å². The summed E-state index contributed by atoms with van der Waals surface area (Å²) >= 11 is 0. The maximum atomic E-state index is 13.4. The second-order valence-corrected chi connectivity index (χ2v) is 7.12. The zero-order chi connectivity index (χ0) is 17.7. The van der Waals surface area contributed by atoms with Gasteiger partial charge in [0.2, 0.25) is 5.91 Å². The first kappa shape index (κ1) is 17.9. The van der Waals surface area contributed by atoms with Gasteiger partial charge < -0.3 is 5.32 Å². The molecule has 7 heteroatoms. The van der Waals surface area contributed by atoms with Gasteiger partial charge in [-0.1, -0.05) is 23.8 Å². The van der Waals surface area contributed by atoms with Crippen LogP contribution in [0.3, 0.4) is 0 Å². The fraction of sp³-hybridized carbons (Fsp3) is 0.235. The van der Waals surface area contributed by atoms with Gasteiger partial charge in [0.15, 0.2) is 0 Å². The summed E-state index contributed by atoms with van der Waals surface area (Å²) in [5, 5.41) is 2.57. The Hall–Kier alpha value is -2.41. The lowest BCUT2D eigenvalue weighted by atomic mass is 10.2. The molecule has 128 valence electrons. The smallest absolute Gasteiger partial charge is 0.264 e. The molecule has 5 nitrogen and oxygen atoms in total. The molecule has 0 saturated heterocycles. The molecule has 2 aromatic rings. The Bertz CT molecular complexity index is 820. The molecule has 2 rings (SSSR count). The van der Waals surface area contributed by atoms with E-state index in [0.29, 0.717) is 12.2 Å². The number of nitrogens with zero attached hydrogens (tertiary/aromatic N) is 1. The van der Waals surface area contributed by atoms with Gasteiger partial charge >= 0.3 is 0 Å². The van der Waals surface area contributed by atoms with E-state index in [2.05, 4.69) is 5.32 Å². The van der Waals surface area contributed by atoms with Gasteiger partial charge in [-0.15, -0.1) is 0 Å². The van der Waals surface area contributed by atoms with Gasteiger partial charge in [-0.25, -0.2) is 12.8 Å². The predicted octanol–water partition coefficient (Wildman–Crippen LogP) is 2.47. The van der Waals surface area contributed by atoms with E-state index in [1.54, 1.807) is 31.2 Å². The van der Waals surface area contributed by atoms with E-state index in [-0.39, 0.29) is 11.4 Å². The average molecular weight is 350 g/mol. The van der Waals surface area contributed by atoms with Gasteiger partial charge in [0, 0.05) is 6.54 Å². The highest BCUT2D eigenvalue weighted by Crippen LogP contribution is 2.24. The molecule has 0 heterocycles. The first-order valence-electron chi connectivity index (χ1n) is 7.46. The van der Waals surface area contributed by atoms with Crippen molar-refractivity contribution in [3.8, 4) is 0 Å². The zero-order valence-electron chi connectivity index (χ0n) is 13.5. The summed E-state index contributed by atoms with van der Waals surface area (Å²) in [4.78, 5) is 11.7. The standard InChI is InChI=1S/C17H19FN2O3S/c1-3-19-17(21)12-20(15-9-7-13(2)8-10-15)24(22,23)16-6-4-5-14(18)11-16/h4-11H,3,12H2,1-2H3,(H,19,21). The highest BCUT2D eigenvalue weighted by molar-refractivity contribution is 7.92. The molecule has 0 saturated carbocycles. The molecule has 0 aromatic heterocycles. The summed E-state index contributed by atoms with van der Waals surface area (Å²) in [6, 6.07) is 11.5. The van der Waals surface area contributed by atoms with E-state index in [0.717, 1.165) is 15.9 Å². The molecule has 0 unspecified atom stereocenters. The number of anilines is 1. The van der Waals surface area contributed by atoms with E-state index in [4.69, 9.17) is 0 Å². The second-order valence-electron chi connectivity index (χ2n) is 5.26. The third-order valence-electron chi connectivity index (χ3n) is 3.37. The highest BCUT2D eigenvalue weighted by Gasteiger charge is 2.27. The lowest BCUT2D eigenvalue weighted by Gasteiger charge is -2.24. The predicted molar refractivity (Wildman–Crippen MR) is 90.8 cm³/mol. The number of carbonyl (C=O) groups is 1. The molecule has 1 amide bonds. The van der Waals surface area contributed by atoms with Gasteiger partial charge in [-0.2, -0.15) is 0 Å².